The molecule has 0 saturated heterocycles. The molecule has 0 unspecified atom stereocenters. The molecule has 1 amide bonds. The Bertz CT molecular complexity index is 916. The fraction of sp³-hybridized carbons (Fsp3) is 0.381. The highest BCUT2D eigenvalue weighted by Gasteiger charge is 2.23. The number of benzene rings is 1. The van der Waals surface area contributed by atoms with Crippen molar-refractivity contribution in [2.45, 2.75) is 45.6 Å². The lowest BCUT2D eigenvalue weighted by Gasteiger charge is -2.28. The van der Waals surface area contributed by atoms with E-state index in [0.717, 1.165) is 49.1 Å². The number of nitrogens with zero attached hydrogens (tertiary/aromatic N) is 4. The van der Waals surface area contributed by atoms with Crippen LogP contribution in [0.5, 0.6) is 0 Å². The number of fused-ring (bicyclic) bond motifs is 3. The standard InChI is InChI=1S/C21H24N4O/c1-16-13-20-22-14-18-15-24(12-11-19(18)25(20)23-16)21(26)10-6-5-9-17-7-3-2-4-8-17/h2-4,7-8,13-14H,5-6,9-12,15H2,1H3. The largest absolute Gasteiger partial charge is 0.338 e. The fourth-order valence-electron chi connectivity index (χ4n) is 3.68. The van der Waals surface area contributed by atoms with E-state index in [2.05, 4.69) is 34.3 Å². The van der Waals surface area contributed by atoms with Gasteiger partial charge in [-0.05, 0) is 31.7 Å². The number of aromatic nitrogens is 3. The minimum absolute atomic E-state index is 0.250. The zero-order chi connectivity index (χ0) is 17.9. The van der Waals surface area contributed by atoms with Crippen LogP contribution >= 0.6 is 0 Å². The Labute approximate surface area is 153 Å². The van der Waals surface area contributed by atoms with E-state index in [-0.39, 0.29) is 5.91 Å². The smallest absolute Gasteiger partial charge is 0.222 e. The second kappa shape index (κ2) is 7.28. The molecule has 0 saturated carbocycles. The van der Waals surface area contributed by atoms with Crippen LogP contribution in [-0.2, 0) is 24.2 Å². The van der Waals surface area contributed by atoms with Crippen LogP contribution < -0.4 is 0 Å². The second-order valence-corrected chi connectivity index (χ2v) is 7.04. The molecule has 1 aliphatic rings. The number of aryl methyl sites for hydroxylation is 2. The average molecular weight is 348 g/mol. The van der Waals surface area contributed by atoms with Gasteiger partial charge in [0.2, 0.25) is 5.91 Å². The van der Waals surface area contributed by atoms with E-state index in [1.165, 1.54) is 11.3 Å². The van der Waals surface area contributed by atoms with Crippen LogP contribution in [0.2, 0.25) is 0 Å². The first-order valence-corrected chi connectivity index (χ1v) is 9.35. The molecule has 4 rings (SSSR count). The van der Waals surface area contributed by atoms with Gasteiger partial charge in [0.15, 0.2) is 5.65 Å². The summed E-state index contributed by atoms with van der Waals surface area (Å²) < 4.78 is 1.94. The first kappa shape index (κ1) is 16.8. The van der Waals surface area contributed by atoms with Crippen molar-refractivity contribution in [3.8, 4) is 0 Å². The normalized spacial score (nSPS) is 13.8. The maximum absolute atomic E-state index is 12.6. The number of hydrogen-bond donors (Lipinski definition) is 0. The fourth-order valence-corrected chi connectivity index (χ4v) is 3.68. The summed E-state index contributed by atoms with van der Waals surface area (Å²) in [5.41, 5.74) is 5.52. The molecule has 26 heavy (non-hydrogen) atoms. The monoisotopic (exact) mass is 348 g/mol. The van der Waals surface area contributed by atoms with Crippen molar-refractivity contribution in [2.24, 2.45) is 0 Å². The summed E-state index contributed by atoms with van der Waals surface area (Å²) in [7, 11) is 0. The molecule has 0 N–H and O–H groups in total. The van der Waals surface area contributed by atoms with Crippen LogP contribution in [0.3, 0.4) is 0 Å². The van der Waals surface area contributed by atoms with Gasteiger partial charge in [0, 0.05) is 43.8 Å². The summed E-state index contributed by atoms with van der Waals surface area (Å²) in [6.45, 7) is 3.40. The van der Waals surface area contributed by atoms with Crippen molar-refractivity contribution in [3.05, 3.63) is 65.1 Å². The Morgan fingerprint density at radius 1 is 1.19 bits per heavy atom. The van der Waals surface area contributed by atoms with Gasteiger partial charge in [0.1, 0.15) is 0 Å². The van der Waals surface area contributed by atoms with Crippen LogP contribution in [-0.4, -0.2) is 31.9 Å². The van der Waals surface area contributed by atoms with Crippen molar-refractivity contribution in [2.75, 3.05) is 6.54 Å². The Kier molecular flexibility index (Phi) is 4.69. The van der Waals surface area contributed by atoms with E-state index in [9.17, 15) is 4.79 Å². The SMILES string of the molecule is Cc1cc2ncc3c(n2n1)CCN(C(=O)CCCCc1ccccc1)C3. The van der Waals surface area contributed by atoms with E-state index >= 15 is 0 Å². The molecule has 5 nitrogen and oxygen atoms in total. The number of carbonyl (C=O) groups excluding carboxylic acids is 1. The van der Waals surface area contributed by atoms with Crippen LogP contribution in [0.4, 0.5) is 0 Å². The Hall–Kier alpha value is -2.69. The lowest BCUT2D eigenvalue weighted by Crippen LogP contribution is -2.36. The molecular formula is C21H24N4O. The first-order valence-electron chi connectivity index (χ1n) is 9.35. The number of rotatable bonds is 5. The second-order valence-electron chi connectivity index (χ2n) is 7.04. The van der Waals surface area contributed by atoms with Crippen LogP contribution in [0.1, 0.15) is 41.8 Å². The minimum Gasteiger partial charge on any atom is -0.338 e. The molecule has 0 radical (unpaired) electrons. The van der Waals surface area contributed by atoms with Crippen molar-refractivity contribution >= 4 is 11.6 Å². The van der Waals surface area contributed by atoms with Crippen LogP contribution in [0.25, 0.3) is 5.65 Å². The lowest BCUT2D eigenvalue weighted by atomic mass is 10.0. The summed E-state index contributed by atoms with van der Waals surface area (Å²) in [4.78, 5) is 19.0. The average Bonchev–Trinajstić information content (AvgIpc) is 3.06. The summed E-state index contributed by atoms with van der Waals surface area (Å²) in [6.07, 6.45) is 6.39. The number of unbranched alkanes of at least 4 members (excludes halogenated alkanes) is 1. The summed E-state index contributed by atoms with van der Waals surface area (Å²) in [5.74, 6) is 0.250. The van der Waals surface area contributed by atoms with Crippen molar-refractivity contribution in [1.29, 1.82) is 0 Å². The highest BCUT2D eigenvalue weighted by molar-refractivity contribution is 5.76. The van der Waals surface area contributed by atoms with Gasteiger partial charge in [-0.3, -0.25) is 4.79 Å². The molecule has 1 aliphatic heterocycles. The highest BCUT2D eigenvalue weighted by atomic mass is 16.2. The van der Waals surface area contributed by atoms with Crippen LogP contribution in [0.15, 0.2) is 42.6 Å². The van der Waals surface area contributed by atoms with Gasteiger partial charge in [-0.25, -0.2) is 9.50 Å². The van der Waals surface area contributed by atoms with Gasteiger partial charge in [-0.15, -0.1) is 0 Å². The van der Waals surface area contributed by atoms with Gasteiger partial charge in [0.05, 0.1) is 11.4 Å². The number of carbonyl (C=O) groups is 1. The summed E-state index contributed by atoms with van der Waals surface area (Å²) in [6, 6.07) is 12.5. The quantitative estimate of drug-likeness (QED) is 0.665. The van der Waals surface area contributed by atoms with Gasteiger partial charge >= 0.3 is 0 Å². The molecule has 134 valence electrons. The van der Waals surface area contributed by atoms with E-state index in [1.807, 2.05) is 34.7 Å². The third-order valence-electron chi connectivity index (χ3n) is 5.07. The summed E-state index contributed by atoms with van der Waals surface area (Å²) >= 11 is 0. The zero-order valence-corrected chi connectivity index (χ0v) is 15.2. The molecule has 1 aromatic carbocycles. The van der Waals surface area contributed by atoms with Gasteiger partial charge in [-0.1, -0.05) is 30.3 Å². The minimum atomic E-state index is 0.250. The van der Waals surface area contributed by atoms with Crippen molar-refractivity contribution in [1.82, 2.24) is 19.5 Å². The molecule has 0 bridgehead atoms. The topological polar surface area (TPSA) is 50.5 Å². The molecule has 0 aliphatic carbocycles. The molecule has 3 aromatic rings. The Balaban J connectivity index is 1.33. The van der Waals surface area contributed by atoms with Gasteiger partial charge in [-0.2, -0.15) is 5.10 Å². The predicted molar refractivity (Wildman–Crippen MR) is 101 cm³/mol. The van der Waals surface area contributed by atoms with E-state index in [1.54, 1.807) is 0 Å². The lowest BCUT2D eigenvalue weighted by molar-refractivity contribution is -0.132. The number of amides is 1. The highest BCUT2D eigenvalue weighted by Crippen LogP contribution is 2.20. The molecule has 0 spiro atoms. The van der Waals surface area contributed by atoms with Gasteiger partial charge in [0.25, 0.3) is 0 Å². The molecular weight excluding hydrogens is 324 g/mol. The molecule has 2 aromatic heterocycles. The Morgan fingerprint density at radius 3 is 2.88 bits per heavy atom. The number of hydrogen-bond acceptors (Lipinski definition) is 3. The van der Waals surface area contributed by atoms with Gasteiger partial charge < -0.3 is 4.90 Å². The summed E-state index contributed by atoms with van der Waals surface area (Å²) in [5, 5.41) is 4.54. The predicted octanol–water partition coefficient (Wildman–Crippen LogP) is 3.34. The molecule has 0 atom stereocenters. The zero-order valence-electron chi connectivity index (χ0n) is 15.2. The third kappa shape index (κ3) is 3.47. The van der Waals surface area contributed by atoms with Crippen LogP contribution in [0, 0.1) is 6.92 Å². The van der Waals surface area contributed by atoms with Crippen molar-refractivity contribution < 1.29 is 4.79 Å². The molecule has 3 heterocycles. The third-order valence-corrected chi connectivity index (χ3v) is 5.07. The first-order chi connectivity index (χ1) is 12.7. The van der Waals surface area contributed by atoms with E-state index < -0.39 is 0 Å². The molecule has 0 fully saturated rings. The Morgan fingerprint density at radius 2 is 2.04 bits per heavy atom. The van der Waals surface area contributed by atoms with Crippen molar-refractivity contribution in [3.63, 3.8) is 0 Å². The maximum Gasteiger partial charge on any atom is 0.222 e. The molecule has 5 heteroatoms. The maximum atomic E-state index is 12.6. The van der Waals surface area contributed by atoms with E-state index in [4.69, 9.17) is 0 Å². The van der Waals surface area contributed by atoms with E-state index in [0.29, 0.717) is 13.0 Å².